The molecule has 0 heterocycles. The molecule has 60 valence electrons. The lowest BCUT2D eigenvalue weighted by molar-refractivity contribution is 0.521. The van der Waals surface area contributed by atoms with Crippen LogP contribution in [0, 0.1) is 10.8 Å². The standard InChI is InChI=1S/C8H18N2/c1-4-5-7(10)8(2,3)6-9/h10H,4-6,9H2,1-3H3. The van der Waals surface area contributed by atoms with Gasteiger partial charge in [0.2, 0.25) is 0 Å². The molecule has 0 spiro atoms. The Morgan fingerprint density at radius 2 is 2.00 bits per heavy atom. The summed E-state index contributed by atoms with van der Waals surface area (Å²) in [7, 11) is 0. The Hall–Kier alpha value is -0.370. The van der Waals surface area contributed by atoms with Crippen LogP contribution in [0.3, 0.4) is 0 Å². The van der Waals surface area contributed by atoms with Gasteiger partial charge < -0.3 is 11.1 Å². The number of rotatable bonds is 4. The molecule has 0 aromatic rings. The monoisotopic (exact) mass is 142 g/mol. The highest BCUT2D eigenvalue weighted by atomic mass is 14.6. The highest BCUT2D eigenvalue weighted by Crippen LogP contribution is 2.17. The van der Waals surface area contributed by atoms with Crippen molar-refractivity contribution in [2.24, 2.45) is 11.1 Å². The molecule has 0 rings (SSSR count). The Balaban J connectivity index is 3.91. The Labute approximate surface area is 63.3 Å². The molecule has 0 radical (unpaired) electrons. The van der Waals surface area contributed by atoms with Gasteiger partial charge in [-0.2, -0.15) is 0 Å². The van der Waals surface area contributed by atoms with Crippen LogP contribution in [0.4, 0.5) is 0 Å². The molecule has 0 bridgehead atoms. The quantitative estimate of drug-likeness (QED) is 0.578. The predicted molar refractivity (Wildman–Crippen MR) is 45.5 cm³/mol. The molecule has 0 aliphatic heterocycles. The third-order valence-electron chi connectivity index (χ3n) is 1.83. The summed E-state index contributed by atoms with van der Waals surface area (Å²) in [5.74, 6) is 0. The van der Waals surface area contributed by atoms with E-state index >= 15 is 0 Å². The third kappa shape index (κ3) is 2.48. The van der Waals surface area contributed by atoms with Gasteiger partial charge in [-0.25, -0.2) is 0 Å². The summed E-state index contributed by atoms with van der Waals surface area (Å²) in [5, 5.41) is 7.61. The molecule has 0 saturated carbocycles. The summed E-state index contributed by atoms with van der Waals surface area (Å²) in [6.45, 7) is 6.70. The Bertz CT molecular complexity index is 116. The molecule has 0 fully saturated rings. The van der Waals surface area contributed by atoms with Crippen molar-refractivity contribution < 1.29 is 0 Å². The van der Waals surface area contributed by atoms with Gasteiger partial charge in [-0.3, -0.25) is 0 Å². The van der Waals surface area contributed by atoms with E-state index in [0.29, 0.717) is 6.54 Å². The first-order valence-corrected chi connectivity index (χ1v) is 3.82. The molecule has 0 aromatic heterocycles. The van der Waals surface area contributed by atoms with E-state index in [0.717, 1.165) is 18.6 Å². The number of nitrogens with one attached hydrogen (secondary N) is 1. The van der Waals surface area contributed by atoms with Crippen LogP contribution in [0.25, 0.3) is 0 Å². The second-order valence-corrected chi connectivity index (χ2v) is 3.32. The van der Waals surface area contributed by atoms with Crippen LogP contribution in [0.5, 0.6) is 0 Å². The summed E-state index contributed by atoms with van der Waals surface area (Å²) in [5.41, 5.74) is 6.18. The van der Waals surface area contributed by atoms with E-state index in [-0.39, 0.29) is 5.41 Å². The lowest BCUT2D eigenvalue weighted by Crippen LogP contribution is -2.31. The number of hydrogen-bond acceptors (Lipinski definition) is 2. The van der Waals surface area contributed by atoms with Crippen molar-refractivity contribution in [3.63, 3.8) is 0 Å². The van der Waals surface area contributed by atoms with Crippen LogP contribution in [-0.4, -0.2) is 12.3 Å². The number of hydrogen-bond donors (Lipinski definition) is 2. The molecule has 0 aliphatic carbocycles. The van der Waals surface area contributed by atoms with Gasteiger partial charge in [-0.1, -0.05) is 27.2 Å². The van der Waals surface area contributed by atoms with Crippen LogP contribution < -0.4 is 5.73 Å². The van der Waals surface area contributed by atoms with Crippen LogP contribution in [0.1, 0.15) is 33.6 Å². The van der Waals surface area contributed by atoms with Crippen molar-refractivity contribution in [3.05, 3.63) is 0 Å². The average Bonchev–Trinajstić information content (AvgIpc) is 1.89. The fourth-order valence-electron chi connectivity index (χ4n) is 0.712. The largest absolute Gasteiger partial charge is 0.330 e. The van der Waals surface area contributed by atoms with Gasteiger partial charge in [0.25, 0.3) is 0 Å². The summed E-state index contributed by atoms with van der Waals surface area (Å²) < 4.78 is 0. The fraction of sp³-hybridized carbons (Fsp3) is 0.875. The molecule has 3 N–H and O–H groups in total. The van der Waals surface area contributed by atoms with Gasteiger partial charge >= 0.3 is 0 Å². The molecule has 0 atom stereocenters. The van der Waals surface area contributed by atoms with E-state index < -0.39 is 0 Å². The van der Waals surface area contributed by atoms with Crippen molar-refractivity contribution in [1.29, 1.82) is 5.41 Å². The van der Waals surface area contributed by atoms with Crippen LogP contribution in [0.2, 0.25) is 0 Å². The zero-order valence-corrected chi connectivity index (χ0v) is 7.20. The van der Waals surface area contributed by atoms with E-state index in [1.807, 2.05) is 13.8 Å². The van der Waals surface area contributed by atoms with Gasteiger partial charge in [0.15, 0.2) is 0 Å². The van der Waals surface area contributed by atoms with Crippen molar-refractivity contribution in [1.82, 2.24) is 0 Å². The van der Waals surface area contributed by atoms with Gasteiger partial charge in [0.1, 0.15) is 0 Å². The average molecular weight is 142 g/mol. The van der Waals surface area contributed by atoms with E-state index in [2.05, 4.69) is 6.92 Å². The maximum Gasteiger partial charge on any atom is 0.0158 e. The highest BCUT2D eigenvalue weighted by molar-refractivity contribution is 5.86. The van der Waals surface area contributed by atoms with Crippen molar-refractivity contribution >= 4 is 5.71 Å². The smallest absolute Gasteiger partial charge is 0.0158 e. The van der Waals surface area contributed by atoms with Gasteiger partial charge in [0, 0.05) is 17.7 Å². The van der Waals surface area contributed by atoms with Crippen LogP contribution in [0.15, 0.2) is 0 Å². The molecule has 10 heavy (non-hydrogen) atoms. The van der Waals surface area contributed by atoms with Gasteiger partial charge in [0.05, 0.1) is 0 Å². The molecule has 0 aliphatic rings. The summed E-state index contributed by atoms with van der Waals surface area (Å²) in [6.07, 6.45) is 1.92. The molecule has 2 nitrogen and oxygen atoms in total. The minimum absolute atomic E-state index is 0.0873. The normalized spacial score (nSPS) is 11.6. The molecule has 2 heteroatoms. The molecule has 0 unspecified atom stereocenters. The minimum Gasteiger partial charge on any atom is -0.330 e. The maximum atomic E-state index is 7.61. The first kappa shape index (κ1) is 9.63. The van der Waals surface area contributed by atoms with Crippen molar-refractivity contribution in [2.75, 3.05) is 6.54 Å². The lowest BCUT2D eigenvalue weighted by atomic mass is 9.85. The summed E-state index contributed by atoms with van der Waals surface area (Å²) in [6, 6.07) is 0. The summed E-state index contributed by atoms with van der Waals surface area (Å²) >= 11 is 0. The first-order valence-electron chi connectivity index (χ1n) is 3.82. The lowest BCUT2D eigenvalue weighted by Gasteiger charge is -2.22. The molecule has 0 saturated heterocycles. The topological polar surface area (TPSA) is 49.9 Å². The highest BCUT2D eigenvalue weighted by Gasteiger charge is 2.20. The number of nitrogens with two attached hydrogens (primary N) is 1. The zero-order chi connectivity index (χ0) is 8.20. The second-order valence-electron chi connectivity index (χ2n) is 3.32. The Morgan fingerprint density at radius 3 is 2.30 bits per heavy atom. The van der Waals surface area contributed by atoms with Gasteiger partial charge in [-0.15, -0.1) is 0 Å². The second kappa shape index (κ2) is 3.71. The molecule has 0 aromatic carbocycles. The van der Waals surface area contributed by atoms with E-state index in [1.165, 1.54) is 0 Å². The Kier molecular flexibility index (Phi) is 3.58. The van der Waals surface area contributed by atoms with Gasteiger partial charge in [-0.05, 0) is 6.42 Å². The first-order chi connectivity index (χ1) is 4.54. The maximum absolute atomic E-state index is 7.61. The minimum atomic E-state index is -0.0873. The summed E-state index contributed by atoms with van der Waals surface area (Å²) in [4.78, 5) is 0. The molecule has 0 amide bonds. The predicted octanol–water partition coefficient (Wildman–Crippen LogP) is 1.79. The SMILES string of the molecule is CCCC(=N)C(C)(C)CN. The fourth-order valence-corrected chi connectivity index (χ4v) is 0.712. The Morgan fingerprint density at radius 1 is 1.50 bits per heavy atom. The van der Waals surface area contributed by atoms with Crippen LogP contribution in [-0.2, 0) is 0 Å². The third-order valence-corrected chi connectivity index (χ3v) is 1.83. The van der Waals surface area contributed by atoms with E-state index in [1.54, 1.807) is 0 Å². The zero-order valence-electron chi connectivity index (χ0n) is 7.20. The molecular formula is C8H18N2. The van der Waals surface area contributed by atoms with E-state index in [9.17, 15) is 0 Å². The van der Waals surface area contributed by atoms with E-state index in [4.69, 9.17) is 11.1 Å². The van der Waals surface area contributed by atoms with Crippen LogP contribution >= 0.6 is 0 Å². The van der Waals surface area contributed by atoms with Crippen molar-refractivity contribution in [2.45, 2.75) is 33.6 Å². The molecular weight excluding hydrogens is 124 g/mol. The van der Waals surface area contributed by atoms with Crippen molar-refractivity contribution in [3.8, 4) is 0 Å².